The normalized spacial score (nSPS) is 11.5. The lowest BCUT2D eigenvalue weighted by atomic mass is 10.1. The Hall–Kier alpha value is -3.06. The maximum absolute atomic E-state index is 9.52. The average molecular weight is 331 g/mol. The van der Waals surface area contributed by atoms with Crippen LogP contribution in [-0.4, -0.2) is 16.6 Å². The highest BCUT2D eigenvalue weighted by Gasteiger charge is 2.08. The number of hydrogen-bond acceptors (Lipinski definition) is 3. The maximum atomic E-state index is 9.52. The number of nitrogens with zero attached hydrogens (tertiary/aromatic N) is 2. The largest absolute Gasteiger partial charge is 0.494 e. The van der Waals surface area contributed by atoms with Crippen LogP contribution in [0.15, 0.2) is 42.5 Å². The molecule has 1 heterocycles. The van der Waals surface area contributed by atoms with Crippen LogP contribution in [0.3, 0.4) is 0 Å². The number of aromatic nitrogens is 2. The van der Waals surface area contributed by atoms with Crippen molar-refractivity contribution in [3.63, 3.8) is 0 Å². The Morgan fingerprint density at radius 3 is 2.76 bits per heavy atom. The lowest BCUT2D eigenvalue weighted by molar-refractivity contribution is 0.309. The van der Waals surface area contributed by atoms with Crippen LogP contribution in [0.2, 0.25) is 0 Å². The number of allylic oxidation sites excluding steroid dienone is 1. The third-order valence-electron chi connectivity index (χ3n) is 3.97. The Kier molecular flexibility index (Phi) is 5.15. The third kappa shape index (κ3) is 4.07. The van der Waals surface area contributed by atoms with Crippen molar-refractivity contribution in [2.45, 2.75) is 26.7 Å². The topological polar surface area (TPSA) is 61.7 Å². The van der Waals surface area contributed by atoms with Crippen LogP contribution < -0.4 is 4.74 Å². The van der Waals surface area contributed by atoms with Gasteiger partial charge in [-0.05, 0) is 54.8 Å². The molecule has 0 atom stereocenters. The summed E-state index contributed by atoms with van der Waals surface area (Å²) >= 11 is 0. The molecule has 4 heteroatoms. The number of H-pyrrole nitrogens is 1. The Bertz CT molecular complexity index is 930. The van der Waals surface area contributed by atoms with E-state index in [4.69, 9.17) is 4.74 Å². The van der Waals surface area contributed by atoms with E-state index in [0.29, 0.717) is 11.4 Å². The van der Waals surface area contributed by atoms with Crippen LogP contribution >= 0.6 is 0 Å². The second-order valence-corrected chi connectivity index (χ2v) is 6.05. The lowest BCUT2D eigenvalue weighted by Gasteiger charge is -2.05. The molecule has 0 amide bonds. The van der Waals surface area contributed by atoms with E-state index in [1.807, 2.05) is 55.5 Å². The summed E-state index contributed by atoms with van der Waals surface area (Å²) in [6, 6.07) is 16.0. The predicted molar refractivity (Wildman–Crippen MR) is 101 cm³/mol. The van der Waals surface area contributed by atoms with Gasteiger partial charge in [-0.15, -0.1) is 0 Å². The van der Waals surface area contributed by atoms with Gasteiger partial charge in [-0.3, -0.25) is 0 Å². The van der Waals surface area contributed by atoms with E-state index < -0.39 is 0 Å². The molecule has 2 aromatic carbocycles. The number of fused-ring (bicyclic) bond motifs is 1. The van der Waals surface area contributed by atoms with Gasteiger partial charge in [-0.1, -0.05) is 31.5 Å². The fourth-order valence-electron chi connectivity index (χ4n) is 2.57. The Labute approximate surface area is 147 Å². The molecule has 4 nitrogen and oxygen atoms in total. The number of aromatic amines is 1. The van der Waals surface area contributed by atoms with Gasteiger partial charge in [0.2, 0.25) is 0 Å². The SMILES string of the molecule is CCCCOc1ccc(/C=C(/C#N)c2nc3ccc(C)cc3[nH]2)cc1. The second-order valence-electron chi connectivity index (χ2n) is 6.05. The van der Waals surface area contributed by atoms with E-state index in [-0.39, 0.29) is 0 Å². The minimum Gasteiger partial charge on any atom is -0.494 e. The second kappa shape index (κ2) is 7.67. The van der Waals surface area contributed by atoms with Crippen molar-refractivity contribution in [3.8, 4) is 11.8 Å². The molecule has 0 saturated carbocycles. The molecule has 0 saturated heterocycles. The summed E-state index contributed by atoms with van der Waals surface area (Å²) < 4.78 is 5.66. The van der Waals surface area contributed by atoms with Crippen LogP contribution in [0, 0.1) is 18.3 Å². The van der Waals surface area contributed by atoms with Crippen molar-refractivity contribution in [1.29, 1.82) is 5.26 Å². The average Bonchev–Trinajstić information content (AvgIpc) is 3.04. The molecule has 0 fully saturated rings. The smallest absolute Gasteiger partial charge is 0.149 e. The van der Waals surface area contributed by atoms with Crippen LogP contribution in [0.1, 0.15) is 36.7 Å². The first-order valence-corrected chi connectivity index (χ1v) is 8.51. The number of unbranched alkanes of at least 4 members (excludes halogenated alkanes) is 1. The highest BCUT2D eigenvalue weighted by atomic mass is 16.5. The molecule has 126 valence electrons. The van der Waals surface area contributed by atoms with Gasteiger partial charge in [0.05, 0.1) is 23.2 Å². The van der Waals surface area contributed by atoms with Crippen molar-refractivity contribution in [1.82, 2.24) is 9.97 Å². The van der Waals surface area contributed by atoms with Crippen LogP contribution in [0.25, 0.3) is 22.7 Å². The third-order valence-corrected chi connectivity index (χ3v) is 3.97. The maximum Gasteiger partial charge on any atom is 0.149 e. The molecule has 3 aromatic rings. The van der Waals surface area contributed by atoms with Crippen LogP contribution in [-0.2, 0) is 0 Å². The molecule has 0 aliphatic rings. The minimum atomic E-state index is 0.508. The van der Waals surface area contributed by atoms with Crippen molar-refractivity contribution in [3.05, 3.63) is 59.4 Å². The summed E-state index contributed by atoms with van der Waals surface area (Å²) in [5.74, 6) is 1.44. The number of ether oxygens (including phenoxy) is 1. The number of imidazole rings is 1. The van der Waals surface area contributed by atoms with E-state index in [2.05, 4.69) is 23.0 Å². The van der Waals surface area contributed by atoms with Crippen molar-refractivity contribution in [2.24, 2.45) is 0 Å². The summed E-state index contributed by atoms with van der Waals surface area (Å²) in [5, 5.41) is 9.52. The van der Waals surface area contributed by atoms with E-state index in [1.165, 1.54) is 0 Å². The standard InChI is InChI=1S/C21H21N3O/c1-3-4-11-25-18-8-6-16(7-9-18)13-17(14-22)21-23-19-10-5-15(2)12-20(19)24-21/h5-10,12-13H,3-4,11H2,1-2H3,(H,23,24)/b17-13-. The lowest BCUT2D eigenvalue weighted by Crippen LogP contribution is -1.95. The van der Waals surface area contributed by atoms with E-state index in [9.17, 15) is 5.26 Å². The summed E-state index contributed by atoms with van der Waals surface area (Å²) in [6.45, 7) is 4.90. The zero-order chi connectivity index (χ0) is 17.6. The fraction of sp³-hybridized carbons (Fsp3) is 0.238. The van der Waals surface area contributed by atoms with E-state index in [0.717, 1.165) is 47.4 Å². The highest BCUT2D eigenvalue weighted by molar-refractivity contribution is 5.90. The predicted octanol–water partition coefficient (Wildman–Crippen LogP) is 5.11. The van der Waals surface area contributed by atoms with Gasteiger partial charge >= 0.3 is 0 Å². The van der Waals surface area contributed by atoms with Crippen LogP contribution in [0.5, 0.6) is 5.75 Å². The summed E-state index contributed by atoms with van der Waals surface area (Å²) in [7, 11) is 0. The zero-order valence-electron chi connectivity index (χ0n) is 14.5. The fourth-order valence-corrected chi connectivity index (χ4v) is 2.57. The zero-order valence-corrected chi connectivity index (χ0v) is 14.5. The van der Waals surface area contributed by atoms with Crippen molar-refractivity contribution >= 4 is 22.7 Å². The molecule has 0 aliphatic heterocycles. The molecule has 0 unspecified atom stereocenters. The van der Waals surface area contributed by atoms with Crippen molar-refractivity contribution < 1.29 is 4.74 Å². The highest BCUT2D eigenvalue weighted by Crippen LogP contribution is 2.21. The Balaban J connectivity index is 1.83. The van der Waals surface area contributed by atoms with Gasteiger partial charge in [0.25, 0.3) is 0 Å². The molecule has 25 heavy (non-hydrogen) atoms. The van der Waals surface area contributed by atoms with Gasteiger partial charge < -0.3 is 9.72 Å². The number of benzene rings is 2. The molecule has 0 bridgehead atoms. The van der Waals surface area contributed by atoms with Crippen molar-refractivity contribution in [2.75, 3.05) is 6.61 Å². The summed E-state index contributed by atoms with van der Waals surface area (Å²) in [5.41, 5.74) is 4.41. The number of aryl methyl sites for hydroxylation is 1. The number of hydrogen-bond donors (Lipinski definition) is 1. The molecule has 1 N–H and O–H groups in total. The monoisotopic (exact) mass is 331 g/mol. The Morgan fingerprint density at radius 1 is 1.24 bits per heavy atom. The van der Waals surface area contributed by atoms with Gasteiger partial charge in [-0.25, -0.2) is 4.98 Å². The first-order chi connectivity index (χ1) is 12.2. The summed E-state index contributed by atoms with van der Waals surface area (Å²) in [4.78, 5) is 7.74. The summed E-state index contributed by atoms with van der Waals surface area (Å²) in [6.07, 6.45) is 4.00. The molecule has 0 aliphatic carbocycles. The van der Waals surface area contributed by atoms with Gasteiger partial charge in [0.15, 0.2) is 0 Å². The van der Waals surface area contributed by atoms with Gasteiger partial charge in [0, 0.05) is 0 Å². The molecule has 3 rings (SSSR count). The first-order valence-electron chi connectivity index (χ1n) is 8.51. The minimum absolute atomic E-state index is 0.508. The van der Waals surface area contributed by atoms with Crippen LogP contribution in [0.4, 0.5) is 0 Å². The van der Waals surface area contributed by atoms with Gasteiger partial charge in [0.1, 0.15) is 17.6 Å². The Morgan fingerprint density at radius 2 is 2.04 bits per heavy atom. The van der Waals surface area contributed by atoms with Gasteiger partial charge in [-0.2, -0.15) is 5.26 Å². The molecular formula is C21H21N3O. The molecule has 0 radical (unpaired) electrons. The number of nitriles is 1. The number of nitrogens with one attached hydrogen (secondary N) is 1. The molecule has 0 spiro atoms. The van der Waals surface area contributed by atoms with E-state index >= 15 is 0 Å². The quantitative estimate of drug-likeness (QED) is 0.504. The molecule has 1 aromatic heterocycles. The molecular weight excluding hydrogens is 310 g/mol. The number of rotatable bonds is 6. The van der Waals surface area contributed by atoms with E-state index in [1.54, 1.807) is 0 Å². The first kappa shape index (κ1) is 16.8.